The summed E-state index contributed by atoms with van der Waals surface area (Å²) in [6.45, 7) is 0.0887. The van der Waals surface area contributed by atoms with Gasteiger partial charge in [-0.15, -0.1) is 5.10 Å². The number of nitrogens with zero attached hydrogens (tertiary/aromatic N) is 3. The van der Waals surface area contributed by atoms with Crippen molar-refractivity contribution in [1.29, 1.82) is 5.26 Å². The van der Waals surface area contributed by atoms with Gasteiger partial charge in [-0.25, -0.2) is 0 Å². The van der Waals surface area contributed by atoms with E-state index in [1.165, 1.54) is 4.68 Å². The number of hydrogen-bond acceptors (Lipinski definition) is 4. The van der Waals surface area contributed by atoms with Gasteiger partial charge in [0.25, 0.3) is 0 Å². The first kappa shape index (κ1) is 10.0. The van der Waals surface area contributed by atoms with Crippen LogP contribution < -0.4 is 4.74 Å². The number of nitriles is 1. The Morgan fingerprint density at radius 2 is 2.46 bits per heavy atom. The maximum Gasteiger partial charge on any atom is 0.248 e. The predicted octanol–water partition coefficient (Wildman–Crippen LogP) is 0.425. The lowest BCUT2D eigenvalue weighted by Crippen LogP contribution is -2.02. The largest absolute Gasteiger partial charge is 0.473 e. The van der Waals surface area contributed by atoms with Crippen molar-refractivity contribution < 1.29 is 9.84 Å². The van der Waals surface area contributed by atoms with Crippen LogP contribution in [0, 0.1) is 11.3 Å². The van der Waals surface area contributed by atoms with Crippen molar-refractivity contribution in [2.75, 3.05) is 13.2 Å². The van der Waals surface area contributed by atoms with Gasteiger partial charge in [0, 0.05) is 7.05 Å². The second kappa shape index (κ2) is 4.25. The first-order valence-electron chi connectivity index (χ1n) is 3.57. The molecule has 0 spiro atoms. The summed E-state index contributed by atoms with van der Waals surface area (Å²) in [5.74, 6) is 0.327. The number of halogens is 1. The molecule has 0 fully saturated rings. The van der Waals surface area contributed by atoms with E-state index in [0.717, 1.165) is 0 Å². The molecule has 0 amide bonds. The van der Waals surface area contributed by atoms with Crippen LogP contribution >= 0.6 is 15.9 Å². The fourth-order valence-corrected chi connectivity index (χ4v) is 1.37. The Hall–Kier alpha value is -1.06. The minimum Gasteiger partial charge on any atom is -0.473 e. The van der Waals surface area contributed by atoms with Crippen molar-refractivity contribution in [1.82, 2.24) is 9.78 Å². The van der Waals surface area contributed by atoms with E-state index in [0.29, 0.717) is 16.0 Å². The molecule has 0 aliphatic heterocycles. The number of aromatic nitrogens is 2. The summed E-state index contributed by atoms with van der Waals surface area (Å²) >= 11 is 3.18. The molecule has 0 saturated carbocycles. The molecule has 0 bridgehead atoms. The van der Waals surface area contributed by atoms with E-state index in [9.17, 15) is 0 Å². The maximum absolute atomic E-state index is 8.69. The van der Waals surface area contributed by atoms with Crippen molar-refractivity contribution in [3.05, 3.63) is 10.2 Å². The van der Waals surface area contributed by atoms with Crippen LogP contribution in [0.25, 0.3) is 0 Å². The van der Waals surface area contributed by atoms with Gasteiger partial charge in [0.2, 0.25) is 5.88 Å². The molecule has 0 atom stereocenters. The molecule has 0 radical (unpaired) electrons. The molecule has 1 aromatic rings. The number of ether oxygens (including phenoxy) is 1. The third kappa shape index (κ3) is 1.99. The van der Waals surface area contributed by atoms with E-state index in [1.807, 2.05) is 6.07 Å². The van der Waals surface area contributed by atoms with Gasteiger partial charge in [-0.2, -0.15) is 5.26 Å². The highest BCUT2D eigenvalue weighted by Gasteiger charge is 2.13. The van der Waals surface area contributed by atoms with Gasteiger partial charge < -0.3 is 9.84 Å². The molecule has 0 unspecified atom stereocenters. The SMILES string of the molecule is Cn1nc(OCCO)c(Br)c1C#N. The quantitative estimate of drug-likeness (QED) is 0.839. The van der Waals surface area contributed by atoms with E-state index in [4.69, 9.17) is 15.1 Å². The van der Waals surface area contributed by atoms with Crippen LogP contribution in [0.5, 0.6) is 5.88 Å². The summed E-state index contributed by atoms with van der Waals surface area (Å²) in [4.78, 5) is 0. The number of hydrogen-bond donors (Lipinski definition) is 1. The van der Waals surface area contributed by atoms with Gasteiger partial charge in [-0.3, -0.25) is 4.68 Å². The molecular formula is C7H8BrN3O2. The predicted molar refractivity (Wildman–Crippen MR) is 48.2 cm³/mol. The van der Waals surface area contributed by atoms with Crippen molar-refractivity contribution in [3.8, 4) is 11.9 Å². The Morgan fingerprint density at radius 3 is 2.92 bits per heavy atom. The third-order valence-electron chi connectivity index (χ3n) is 1.40. The molecule has 1 aromatic heterocycles. The Bertz CT molecular complexity index is 342. The van der Waals surface area contributed by atoms with Crippen LogP contribution in [0.3, 0.4) is 0 Å². The summed E-state index contributed by atoms with van der Waals surface area (Å²) in [6.07, 6.45) is 0. The number of aliphatic hydroxyl groups is 1. The topological polar surface area (TPSA) is 71.1 Å². The normalized spacial score (nSPS) is 9.69. The van der Waals surface area contributed by atoms with Gasteiger partial charge in [0.05, 0.1) is 6.61 Å². The number of aliphatic hydroxyl groups excluding tert-OH is 1. The molecule has 0 aliphatic carbocycles. The lowest BCUT2D eigenvalue weighted by atomic mass is 10.5. The zero-order valence-electron chi connectivity index (χ0n) is 6.99. The molecule has 5 nitrogen and oxygen atoms in total. The van der Waals surface area contributed by atoms with E-state index >= 15 is 0 Å². The summed E-state index contributed by atoms with van der Waals surface area (Å²) in [5.41, 5.74) is 0.396. The van der Waals surface area contributed by atoms with Crippen molar-refractivity contribution >= 4 is 15.9 Å². The molecule has 1 rings (SSSR count). The standard InChI is InChI=1S/C7H8BrN3O2/c1-11-5(4-9)6(8)7(10-11)13-3-2-12/h12H,2-3H2,1H3. The second-order valence-electron chi connectivity index (χ2n) is 2.28. The first-order valence-corrected chi connectivity index (χ1v) is 4.36. The van der Waals surface area contributed by atoms with Crippen LogP contribution in [0.1, 0.15) is 5.69 Å². The average Bonchev–Trinajstić information content (AvgIpc) is 2.38. The Labute approximate surface area is 83.7 Å². The summed E-state index contributed by atoms with van der Waals surface area (Å²) in [5, 5.41) is 21.1. The molecule has 0 saturated heterocycles. The highest BCUT2D eigenvalue weighted by Crippen LogP contribution is 2.26. The Kier molecular flexibility index (Phi) is 3.28. The summed E-state index contributed by atoms with van der Waals surface area (Å²) in [7, 11) is 1.65. The van der Waals surface area contributed by atoms with Crippen molar-refractivity contribution in [2.24, 2.45) is 7.05 Å². The minimum atomic E-state index is -0.0785. The zero-order valence-corrected chi connectivity index (χ0v) is 8.58. The molecule has 1 heterocycles. The van der Waals surface area contributed by atoms with E-state index in [-0.39, 0.29) is 13.2 Å². The Balaban J connectivity index is 2.92. The fraction of sp³-hybridized carbons (Fsp3) is 0.429. The van der Waals surface area contributed by atoms with E-state index < -0.39 is 0 Å². The van der Waals surface area contributed by atoms with Crippen molar-refractivity contribution in [2.45, 2.75) is 0 Å². The molecule has 6 heteroatoms. The van der Waals surface area contributed by atoms with Crippen LogP contribution in [0.2, 0.25) is 0 Å². The smallest absolute Gasteiger partial charge is 0.248 e. The van der Waals surface area contributed by atoms with E-state index in [1.54, 1.807) is 7.05 Å². The molecule has 13 heavy (non-hydrogen) atoms. The van der Waals surface area contributed by atoms with Gasteiger partial charge in [-0.05, 0) is 15.9 Å². The molecule has 1 N–H and O–H groups in total. The monoisotopic (exact) mass is 245 g/mol. The summed E-state index contributed by atoms with van der Waals surface area (Å²) in [6, 6.07) is 1.97. The van der Waals surface area contributed by atoms with Gasteiger partial charge >= 0.3 is 0 Å². The maximum atomic E-state index is 8.69. The van der Waals surface area contributed by atoms with Crippen LogP contribution in [-0.4, -0.2) is 28.1 Å². The molecule has 0 aromatic carbocycles. The van der Waals surface area contributed by atoms with E-state index in [2.05, 4.69) is 21.0 Å². The third-order valence-corrected chi connectivity index (χ3v) is 2.11. The molecule has 0 aliphatic rings. The second-order valence-corrected chi connectivity index (χ2v) is 3.07. The van der Waals surface area contributed by atoms with Crippen molar-refractivity contribution in [3.63, 3.8) is 0 Å². The molecule has 70 valence electrons. The van der Waals surface area contributed by atoms with Gasteiger partial charge in [0.15, 0.2) is 5.69 Å². The lowest BCUT2D eigenvalue weighted by Gasteiger charge is -1.98. The highest BCUT2D eigenvalue weighted by atomic mass is 79.9. The average molecular weight is 246 g/mol. The lowest BCUT2D eigenvalue weighted by molar-refractivity contribution is 0.195. The van der Waals surface area contributed by atoms with Gasteiger partial charge in [-0.1, -0.05) is 0 Å². The number of rotatable bonds is 3. The molecular weight excluding hydrogens is 238 g/mol. The fourth-order valence-electron chi connectivity index (χ4n) is 0.829. The first-order chi connectivity index (χ1) is 6.20. The van der Waals surface area contributed by atoms with Crippen LogP contribution in [0.15, 0.2) is 4.47 Å². The minimum absolute atomic E-state index is 0.0785. The van der Waals surface area contributed by atoms with Gasteiger partial charge in [0.1, 0.15) is 17.1 Å². The van der Waals surface area contributed by atoms with Crippen LogP contribution in [-0.2, 0) is 7.05 Å². The zero-order chi connectivity index (χ0) is 9.84. The Morgan fingerprint density at radius 1 is 1.77 bits per heavy atom. The highest BCUT2D eigenvalue weighted by molar-refractivity contribution is 9.10. The summed E-state index contributed by atoms with van der Waals surface area (Å²) < 4.78 is 7.00. The number of aryl methyl sites for hydroxylation is 1. The van der Waals surface area contributed by atoms with Crippen LogP contribution in [0.4, 0.5) is 0 Å².